The molecule has 0 aliphatic rings. The van der Waals surface area contributed by atoms with Gasteiger partial charge in [-0.05, 0) is 18.1 Å². The number of rotatable bonds is 4. The zero-order valence-corrected chi connectivity index (χ0v) is 12.2. The lowest BCUT2D eigenvalue weighted by molar-refractivity contribution is 0.353. The first-order valence-electron chi connectivity index (χ1n) is 7.08. The van der Waals surface area contributed by atoms with Gasteiger partial charge in [0.05, 0.1) is 5.52 Å². The molecule has 108 valence electrons. The summed E-state index contributed by atoms with van der Waals surface area (Å²) >= 11 is 0. The molecule has 0 spiro atoms. The molecule has 2 heterocycles. The van der Waals surface area contributed by atoms with E-state index >= 15 is 0 Å². The van der Waals surface area contributed by atoms with E-state index < -0.39 is 0 Å². The number of pyridine rings is 1. The van der Waals surface area contributed by atoms with E-state index in [0.717, 1.165) is 10.9 Å². The number of aromatic nitrogens is 3. The van der Waals surface area contributed by atoms with Crippen molar-refractivity contribution in [3.05, 3.63) is 42.3 Å². The summed E-state index contributed by atoms with van der Waals surface area (Å²) < 4.78 is 5.27. The average Bonchev–Trinajstić information content (AvgIpc) is 2.95. The molecule has 5 nitrogen and oxygen atoms in total. The monoisotopic (exact) mass is 282 g/mol. The van der Waals surface area contributed by atoms with Gasteiger partial charge >= 0.3 is 0 Å². The third kappa shape index (κ3) is 2.92. The summed E-state index contributed by atoms with van der Waals surface area (Å²) in [5.74, 6) is 1.44. The van der Waals surface area contributed by atoms with E-state index in [1.165, 1.54) is 0 Å². The summed E-state index contributed by atoms with van der Waals surface area (Å²) in [5.41, 5.74) is 7.65. The molecule has 1 unspecified atom stereocenters. The molecule has 21 heavy (non-hydrogen) atoms. The van der Waals surface area contributed by atoms with Gasteiger partial charge < -0.3 is 10.3 Å². The SMILES string of the molecule is CC(C)C(N)Cc1nc(-c2ccc3ccccc3n2)no1. The number of hydrogen-bond acceptors (Lipinski definition) is 5. The van der Waals surface area contributed by atoms with Gasteiger partial charge in [-0.15, -0.1) is 0 Å². The van der Waals surface area contributed by atoms with Gasteiger partial charge in [0.2, 0.25) is 11.7 Å². The topological polar surface area (TPSA) is 77.8 Å². The molecule has 0 amide bonds. The lowest BCUT2D eigenvalue weighted by Gasteiger charge is -2.11. The number of hydrogen-bond donors (Lipinski definition) is 1. The number of benzene rings is 1. The van der Waals surface area contributed by atoms with Crippen LogP contribution in [0.15, 0.2) is 40.9 Å². The molecule has 3 aromatic rings. The van der Waals surface area contributed by atoms with Gasteiger partial charge in [-0.3, -0.25) is 0 Å². The van der Waals surface area contributed by atoms with Crippen molar-refractivity contribution in [2.24, 2.45) is 11.7 Å². The maximum Gasteiger partial charge on any atom is 0.228 e. The molecular weight excluding hydrogens is 264 g/mol. The molecule has 1 aromatic carbocycles. The molecule has 0 radical (unpaired) electrons. The van der Waals surface area contributed by atoms with Gasteiger partial charge in [-0.25, -0.2) is 4.98 Å². The summed E-state index contributed by atoms with van der Waals surface area (Å²) in [4.78, 5) is 8.95. The first-order valence-corrected chi connectivity index (χ1v) is 7.08. The fourth-order valence-electron chi connectivity index (χ4n) is 2.07. The Labute approximate surface area is 123 Å². The molecule has 0 saturated carbocycles. The summed E-state index contributed by atoms with van der Waals surface area (Å²) in [6.07, 6.45) is 0.582. The van der Waals surface area contributed by atoms with Crippen LogP contribution in [-0.2, 0) is 6.42 Å². The van der Waals surface area contributed by atoms with Gasteiger partial charge in [0.25, 0.3) is 0 Å². The first kappa shape index (κ1) is 13.7. The zero-order valence-electron chi connectivity index (χ0n) is 12.2. The fraction of sp³-hybridized carbons (Fsp3) is 0.312. The Bertz CT molecular complexity index is 751. The maximum atomic E-state index is 6.03. The largest absolute Gasteiger partial charge is 0.339 e. The van der Waals surface area contributed by atoms with Crippen LogP contribution in [0.25, 0.3) is 22.4 Å². The van der Waals surface area contributed by atoms with E-state index in [1.54, 1.807) is 0 Å². The van der Waals surface area contributed by atoms with Crippen molar-refractivity contribution in [1.82, 2.24) is 15.1 Å². The molecule has 0 aliphatic carbocycles. The molecule has 2 aromatic heterocycles. The highest BCUT2D eigenvalue weighted by molar-refractivity contribution is 5.80. The molecule has 1 atom stereocenters. The minimum Gasteiger partial charge on any atom is -0.339 e. The maximum absolute atomic E-state index is 6.03. The predicted octanol–water partition coefficient (Wildman–Crippen LogP) is 2.81. The highest BCUT2D eigenvalue weighted by atomic mass is 16.5. The van der Waals surface area contributed by atoms with Gasteiger partial charge in [0, 0.05) is 17.8 Å². The molecule has 3 rings (SSSR count). The Hall–Kier alpha value is -2.27. The minimum absolute atomic E-state index is 0.0165. The second-order valence-electron chi connectivity index (χ2n) is 5.51. The molecule has 0 aliphatic heterocycles. The highest BCUT2D eigenvalue weighted by Crippen LogP contribution is 2.19. The van der Waals surface area contributed by atoms with E-state index in [4.69, 9.17) is 10.3 Å². The molecular formula is C16H18N4O. The van der Waals surface area contributed by atoms with Crippen molar-refractivity contribution < 1.29 is 4.52 Å². The standard InChI is InChI=1S/C16H18N4O/c1-10(2)12(17)9-15-19-16(20-21-15)14-8-7-11-5-3-4-6-13(11)18-14/h3-8,10,12H,9,17H2,1-2H3. The normalized spacial score (nSPS) is 13.0. The van der Waals surface area contributed by atoms with Crippen molar-refractivity contribution in [2.75, 3.05) is 0 Å². The second-order valence-corrected chi connectivity index (χ2v) is 5.51. The molecule has 5 heteroatoms. The molecule has 2 N–H and O–H groups in total. The summed E-state index contributed by atoms with van der Waals surface area (Å²) in [6, 6.07) is 11.9. The van der Waals surface area contributed by atoms with Crippen LogP contribution >= 0.6 is 0 Å². The summed E-state index contributed by atoms with van der Waals surface area (Å²) in [7, 11) is 0. The van der Waals surface area contributed by atoms with Crippen molar-refractivity contribution in [2.45, 2.75) is 26.3 Å². The Balaban J connectivity index is 1.87. The Morgan fingerprint density at radius 2 is 1.90 bits per heavy atom. The van der Waals surface area contributed by atoms with E-state index in [9.17, 15) is 0 Å². The first-order chi connectivity index (χ1) is 10.1. The van der Waals surface area contributed by atoms with Crippen LogP contribution < -0.4 is 5.73 Å². The van der Waals surface area contributed by atoms with Crippen molar-refractivity contribution in [1.29, 1.82) is 0 Å². The number of para-hydroxylation sites is 1. The third-order valence-corrected chi connectivity index (χ3v) is 3.56. The lowest BCUT2D eigenvalue weighted by Crippen LogP contribution is -2.28. The fourth-order valence-corrected chi connectivity index (χ4v) is 2.07. The van der Waals surface area contributed by atoms with Crippen molar-refractivity contribution in [3.63, 3.8) is 0 Å². The van der Waals surface area contributed by atoms with Gasteiger partial charge in [-0.1, -0.05) is 43.3 Å². The van der Waals surface area contributed by atoms with Crippen LogP contribution in [0, 0.1) is 5.92 Å². The summed E-state index contributed by atoms with van der Waals surface area (Å²) in [5, 5.41) is 5.09. The number of nitrogens with two attached hydrogens (primary N) is 1. The van der Waals surface area contributed by atoms with Crippen LogP contribution in [0.5, 0.6) is 0 Å². The van der Waals surface area contributed by atoms with Crippen LogP contribution in [0.4, 0.5) is 0 Å². The van der Waals surface area contributed by atoms with Crippen molar-refractivity contribution in [3.8, 4) is 11.5 Å². The van der Waals surface area contributed by atoms with Gasteiger partial charge in [-0.2, -0.15) is 4.98 Å². The van der Waals surface area contributed by atoms with Crippen LogP contribution in [0.1, 0.15) is 19.7 Å². The van der Waals surface area contributed by atoms with Crippen LogP contribution in [0.2, 0.25) is 0 Å². The number of fused-ring (bicyclic) bond motifs is 1. The van der Waals surface area contributed by atoms with Gasteiger partial charge in [0.1, 0.15) is 5.69 Å². The second kappa shape index (κ2) is 5.61. The van der Waals surface area contributed by atoms with Crippen LogP contribution in [0.3, 0.4) is 0 Å². The van der Waals surface area contributed by atoms with Crippen LogP contribution in [-0.4, -0.2) is 21.2 Å². The Morgan fingerprint density at radius 3 is 2.71 bits per heavy atom. The Morgan fingerprint density at radius 1 is 1.10 bits per heavy atom. The quantitative estimate of drug-likeness (QED) is 0.796. The highest BCUT2D eigenvalue weighted by Gasteiger charge is 2.15. The number of nitrogens with zero attached hydrogens (tertiary/aromatic N) is 3. The molecule has 0 bridgehead atoms. The Kier molecular flexibility index (Phi) is 3.66. The van der Waals surface area contributed by atoms with E-state index in [-0.39, 0.29) is 6.04 Å². The predicted molar refractivity (Wildman–Crippen MR) is 81.6 cm³/mol. The lowest BCUT2D eigenvalue weighted by atomic mass is 10.0. The van der Waals surface area contributed by atoms with Gasteiger partial charge in [0.15, 0.2) is 0 Å². The zero-order chi connectivity index (χ0) is 14.8. The van der Waals surface area contributed by atoms with E-state index in [1.807, 2.05) is 36.4 Å². The minimum atomic E-state index is 0.0165. The molecule has 0 fully saturated rings. The third-order valence-electron chi connectivity index (χ3n) is 3.56. The van der Waals surface area contributed by atoms with Crippen molar-refractivity contribution >= 4 is 10.9 Å². The smallest absolute Gasteiger partial charge is 0.228 e. The van der Waals surface area contributed by atoms with E-state index in [2.05, 4.69) is 29.0 Å². The van der Waals surface area contributed by atoms with E-state index in [0.29, 0.717) is 29.7 Å². The average molecular weight is 282 g/mol. The summed E-state index contributed by atoms with van der Waals surface area (Å²) in [6.45, 7) is 4.15. The molecule has 0 saturated heterocycles.